The Morgan fingerprint density at radius 3 is 2.56 bits per heavy atom. The molecule has 0 unspecified atom stereocenters. The van der Waals surface area contributed by atoms with Crippen LogP contribution < -0.4 is 0 Å². The molecule has 1 aromatic rings. The van der Waals surface area contributed by atoms with Gasteiger partial charge in [0.25, 0.3) is 0 Å². The van der Waals surface area contributed by atoms with Crippen molar-refractivity contribution in [3.63, 3.8) is 0 Å². The Balaban J connectivity index is 2.02. The van der Waals surface area contributed by atoms with E-state index in [1.807, 2.05) is 25.6 Å². The van der Waals surface area contributed by atoms with Gasteiger partial charge in [-0.1, -0.05) is 19.3 Å². The summed E-state index contributed by atoms with van der Waals surface area (Å²) >= 11 is 0. The van der Waals surface area contributed by atoms with Crippen LogP contribution in [0.15, 0.2) is 0 Å². The Bertz CT molecular complexity index is 393. The molecule has 0 amide bonds. The molecule has 0 radical (unpaired) electrons. The fourth-order valence-electron chi connectivity index (χ4n) is 3.01. The Morgan fingerprint density at radius 1 is 1.33 bits per heavy atom. The van der Waals surface area contributed by atoms with Gasteiger partial charge in [0.2, 0.25) is 0 Å². The maximum absolute atomic E-state index is 11.7. The lowest BCUT2D eigenvalue weighted by molar-refractivity contribution is 0.0492. The summed E-state index contributed by atoms with van der Waals surface area (Å²) in [6, 6.07) is 0. The Hall–Kier alpha value is -1.19. The average Bonchev–Trinajstić information content (AvgIpc) is 2.38. The monoisotopic (exact) mass is 252 g/mol. The third-order valence-corrected chi connectivity index (χ3v) is 4.04. The molecule has 4 heteroatoms. The number of ether oxygens (including phenoxy) is 1. The first-order chi connectivity index (χ1) is 8.65. The number of hydrogen-bond acceptors (Lipinski definition) is 2. The van der Waals surface area contributed by atoms with Crippen LogP contribution in [0.3, 0.4) is 0 Å². The SMILES string of the molecule is CCOC(=O)c1c(C)n(CC2CCCCC2)n1C. The van der Waals surface area contributed by atoms with E-state index in [-0.39, 0.29) is 5.97 Å². The Labute approximate surface area is 109 Å². The second-order valence-corrected chi connectivity index (χ2v) is 5.26. The molecule has 1 heterocycles. The average molecular weight is 252 g/mol. The van der Waals surface area contributed by atoms with E-state index in [0.717, 1.165) is 18.2 Å². The van der Waals surface area contributed by atoms with Gasteiger partial charge in [0.15, 0.2) is 5.69 Å². The van der Waals surface area contributed by atoms with Crippen LogP contribution in [-0.2, 0) is 18.3 Å². The van der Waals surface area contributed by atoms with Crippen LogP contribution in [0.5, 0.6) is 0 Å². The first kappa shape index (κ1) is 13.2. The van der Waals surface area contributed by atoms with Gasteiger partial charge in [0.1, 0.15) is 0 Å². The first-order valence-electron chi connectivity index (χ1n) is 7.04. The zero-order valence-electron chi connectivity index (χ0n) is 11.7. The molecule has 18 heavy (non-hydrogen) atoms. The molecule has 1 aliphatic rings. The number of rotatable bonds is 4. The first-order valence-corrected chi connectivity index (χ1v) is 7.04. The predicted octanol–water partition coefficient (Wildman–Crippen LogP) is 2.89. The van der Waals surface area contributed by atoms with E-state index in [0.29, 0.717) is 12.3 Å². The minimum atomic E-state index is -0.197. The standard InChI is InChI=1S/C14H24N2O2/c1-4-18-14(17)13-11(2)16(15(13)3)10-12-8-6-5-7-9-12/h12H,4-10H2,1-3H3. The molecule has 0 aromatic carbocycles. The van der Waals surface area contributed by atoms with Crippen LogP contribution in [-0.4, -0.2) is 21.9 Å². The summed E-state index contributed by atoms with van der Waals surface area (Å²) in [5.74, 6) is 0.581. The largest absolute Gasteiger partial charge is 0.461 e. The molecule has 0 spiro atoms. The van der Waals surface area contributed by atoms with Crippen LogP contribution >= 0.6 is 0 Å². The van der Waals surface area contributed by atoms with Crippen molar-refractivity contribution in [2.45, 2.75) is 52.5 Å². The molecule has 0 aliphatic heterocycles. The molecular formula is C14H24N2O2. The summed E-state index contributed by atoms with van der Waals surface area (Å²) in [4.78, 5) is 11.7. The van der Waals surface area contributed by atoms with Crippen molar-refractivity contribution in [1.29, 1.82) is 0 Å². The third-order valence-electron chi connectivity index (χ3n) is 4.04. The van der Waals surface area contributed by atoms with Crippen LogP contribution in [0, 0.1) is 12.8 Å². The van der Waals surface area contributed by atoms with Crippen molar-refractivity contribution < 1.29 is 9.53 Å². The fourth-order valence-corrected chi connectivity index (χ4v) is 3.01. The van der Waals surface area contributed by atoms with Gasteiger partial charge < -0.3 is 4.74 Å². The highest BCUT2D eigenvalue weighted by atomic mass is 16.5. The summed E-state index contributed by atoms with van der Waals surface area (Å²) in [5.41, 5.74) is 1.77. The van der Waals surface area contributed by atoms with E-state index in [1.54, 1.807) is 0 Å². The van der Waals surface area contributed by atoms with E-state index in [1.165, 1.54) is 32.1 Å². The normalized spacial score (nSPS) is 17.1. The van der Waals surface area contributed by atoms with E-state index >= 15 is 0 Å². The van der Waals surface area contributed by atoms with Gasteiger partial charge in [-0.3, -0.25) is 9.36 Å². The number of esters is 1. The summed E-state index contributed by atoms with van der Waals surface area (Å²) in [7, 11) is 1.95. The van der Waals surface area contributed by atoms with Gasteiger partial charge in [0.05, 0.1) is 12.3 Å². The minimum absolute atomic E-state index is 0.197. The molecule has 4 nitrogen and oxygen atoms in total. The Morgan fingerprint density at radius 2 is 2.00 bits per heavy atom. The van der Waals surface area contributed by atoms with Crippen molar-refractivity contribution in [2.75, 3.05) is 6.61 Å². The summed E-state index contributed by atoms with van der Waals surface area (Å²) < 4.78 is 9.22. The van der Waals surface area contributed by atoms with Gasteiger partial charge in [-0.05, 0) is 32.6 Å². The molecule has 1 fully saturated rings. The van der Waals surface area contributed by atoms with Crippen molar-refractivity contribution in [1.82, 2.24) is 9.36 Å². The number of carbonyl (C=O) groups excluding carboxylic acids is 1. The molecule has 1 saturated carbocycles. The fraction of sp³-hybridized carbons (Fsp3) is 0.786. The van der Waals surface area contributed by atoms with Crippen molar-refractivity contribution in [3.05, 3.63) is 11.4 Å². The van der Waals surface area contributed by atoms with Crippen LogP contribution in [0.2, 0.25) is 0 Å². The zero-order chi connectivity index (χ0) is 13.1. The molecule has 0 saturated heterocycles. The van der Waals surface area contributed by atoms with Crippen molar-refractivity contribution in [2.24, 2.45) is 13.0 Å². The van der Waals surface area contributed by atoms with Crippen molar-refractivity contribution in [3.8, 4) is 0 Å². The lowest BCUT2D eigenvalue weighted by Crippen LogP contribution is -2.34. The highest BCUT2D eigenvalue weighted by Gasteiger charge is 2.24. The molecule has 1 aliphatic carbocycles. The van der Waals surface area contributed by atoms with E-state index in [4.69, 9.17) is 4.74 Å². The number of hydrogen-bond donors (Lipinski definition) is 0. The van der Waals surface area contributed by atoms with Gasteiger partial charge in [-0.15, -0.1) is 0 Å². The van der Waals surface area contributed by atoms with E-state index < -0.39 is 0 Å². The lowest BCUT2D eigenvalue weighted by atomic mass is 9.89. The number of carbonyl (C=O) groups is 1. The highest BCUT2D eigenvalue weighted by Crippen LogP contribution is 2.27. The molecule has 2 rings (SSSR count). The second kappa shape index (κ2) is 5.63. The Kier molecular flexibility index (Phi) is 4.15. The van der Waals surface area contributed by atoms with Crippen LogP contribution in [0.25, 0.3) is 0 Å². The van der Waals surface area contributed by atoms with Crippen LogP contribution in [0.1, 0.15) is 55.2 Å². The number of aromatic nitrogens is 2. The molecule has 0 bridgehead atoms. The maximum atomic E-state index is 11.7. The van der Waals surface area contributed by atoms with Gasteiger partial charge in [-0.2, -0.15) is 0 Å². The topological polar surface area (TPSA) is 36.2 Å². The third kappa shape index (κ3) is 2.47. The predicted molar refractivity (Wildman–Crippen MR) is 70.7 cm³/mol. The van der Waals surface area contributed by atoms with Crippen LogP contribution in [0.4, 0.5) is 0 Å². The van der Waals surface area contributed by atoms with Crippen molar-refractivity contribution >= 4 is 5.97 Å². The molecule has 1 aromatic heterocycles. The summed E-state index contributed by atoms with van der Waals surface area (Å²) in [5, 5.41) is 0. The van der Waals surface area contributed by atoms with E-state index in [9.17, 15) is 4.79 Å². The molecule has 0 N–H and O–H groups in total. The lowest BCUT2D eigenvalue weighted by Gasteiger charge is -2.31. The smallest absolute Gasteiger partial charge is 0.358 e. The second-order valence-electron chi connectivity index (χ2n) is 5.26. The van der Waals surface area contributed by atoms with E-state index in [2.05, 4.69) is 4.68 Å². The van der Waals surface area contributed by atoms with Gasteiger partial charge in [-0.25, -0.2) is 4.79 Å². The quantitative estimate of drug-likeness (QED) is 0.772. The van der Waals surface area contributed by atoms with Gasteiger partial charge >= 0.3 is 5.97 Å². The summed E-state index contributed by atoms with van der Waals surface area (Å²) in [6.45, 7) is 5.33. The van der Waals surface area contributed by atoms with Gasteiger partial charge in [0, 0.05) is 13.6 Å². The minimum Gasteiger partial charge on any atom is -0.461 e. The molecular weight excluding hydrogens is 228 g/mol. The maximum Gasteiger partial charge on any atom is 0.358 e. The molecule has 0 atom stereocenters. The number of nitrogens with zero attached hydrogens (tertiary/aromatic N) is 2. The zero-order valence-corrected chi connectivity index (χ0v) is 11.7. The summed E-state index contributed by atoms with van der Waals surface area (Å²) in [6.07, 6.45) is 6.75. The highest BCUT2D eigenvalue weighted by molar-refractivity contribution is 5.89. The molecule has 102 valence electrons.